The number of hydrogen-bond acceptors (Lipinski definition) is 4. The number of benzene rings is 1. The summed E-state index contributed by atoms with van der Waals surface area (Å²) in [7, 11) is 0. The number of carbonyl (C=O) groups is 3. The molecule has 2 aliphatic heterocycles. The first kappa shape index (κ1) is 16.7. The predicted octanol–water partition coefficient (Wildman–Crippen LogP) is 2.25. The van der Waals surface area contributed by atoms with Gasteiger partial charge < -0.3 is 4.90 Å². The van der Waals surface area contributed by atoms with Gasteiger partial charge in [-0.3, -0.25) is 24.7 Å². The Morgan fingerprint density at radius 1 is 1.19 bits per heavy atom. The van der Waals surface area contributed by atoms with Crippen LogP contribution in [0.2, 0.25) is 0 Å². The molecule has 3 heterocycles. The van der Waals surface area contributed by atoms with Gasteiger partial charge in [0.05, 0.1) is 5.69 Å². The first-order valence-corrected chi connectivity index (χ1v) is 8.89. The number of nitrogens with one attached hydrogen (secondary N) is 1. The van der Waals surface area contributed by atoms with Crippen molar-refractivity contribution in [3.05, 3.63) is 53.2 Å². The van der Waals surface area contributed by atoms with Crippen LogP contribution in [0, 0.1) is 0 Å². The van der Waals surface area contributed by atoms with Gasteiger partial charge in [0.15, 0.2) is 0 Å². The predicted molar refractivity (Wildman–Crippen MR) is 95.3 cm³/mol. The van der Waals surface area contributed by atoms with E-state index >= 15 is 0 Å². The molecule has 1 aromatic carbocycles. The quantitative estimate of drug-likeness (QED) is 0.664. The highest BCUT2D eigenvalue weighted by atomic mass is 35.5. The van der Waals surface area contributed by atoms with Crippen molar-refractivity contribution in [1.82, 2.24) is 15.2 Å². The van der Waals surface area contributed by atoms with Crippen LogP contribution in [0.3, 0.4) is 0 Å². The van der Waals surface area contributed by atoms with Crippen LogP contribution in [0.25, 0.3) is 11.3 Å². The van der Waals surface area contributed by atoms with Crippen LogP contribution in [0.4, 0.5) is 0 Å². The Balaban J connectivity index is 1.62. The van der Waals surface area contributed by atoms with Crippen molar-refractivity contribution >= 4 is 29.3 Å². The largest absolute Gasteiger partial charge is 0.322 e. The van der Waals surface area contributed by atoms with Gasteiger partial charge in [0.25, 0.3) is 5.91 Å². The minimum atomic E-state index is -0.603. The molecule has 1 atom stereocenters. The summed E-state index contributed by atoms with van der Waals surface area (Å²) in [6.45, 7) is 0.351. The Kier molecular flexibility index (Phi) is 4.20. The molecule has 1 saturated heterocycles. The monoisotopic (exact) mass is 369 g/mol. The third-order valence-corrected chi connectivity index (χ3v) is 5.11. The average Bonchev–Trinajstić information content (AvgIpc) is 2.98. The number of imide groups is 1. The van der Waals surface area contributed by atoms with Crippen molar-refractivity contribution in [2.75, 3.05) is 0 Å². The zero-order valence-corrected chi connectivity index (χ0v) is 14.6. The normalized spacial score (nSPS) is 19.5. The molecule has 0 aliphatic carbocycles. The minimum Gasteiger partial charge on any atom is -0.322 e. The molecule has 1 aromatic heterocycles. The number of aromatic nitrogens is 1. The smallest absolute Gasteiger partial charge is 0.255 e. The zero-order chi connectivity index (χ0) is 18.3. The lowest BCUT2D eigenvalue weighted by atomic mass is 10.0. The highest BCUT2D eigenvalue weighted by Crippen LogP contribution is 2.30. The van der Waals surface area contributed by atoms with E-state index in [0.717, 1.165) is 22.4 Å². The summed E-state index contributed by atoms with van der Waals surface area (Å²) in [6, 6.07) is 8.73. The van der Waals surface area contributed by atoms with E-state index in [9.17, 15) is 14.4 Å². The molecule has 132 valence electrons. The molecule has 26 heavy (non-hydrogen) atoms. The molecule has 1 fully saturated rings. The fourth-order valence-electron chi connectivity index (χ4n) is 3.45. The summed E-state index contributed by atoms with van der Waals surface area (Å²) in [5.41, 5.74) is 4.10. The maximum Gasteiger partial charge on any atom is 0.255 e. The number of hydrogen-bond donors (Lipinski definition) is 1. The lowest BCUT2D eigenvalue weighted by molar-refractivity contribution is -0.136. The Morgan fingerprint density at radius 2 is 2.04 bits per heavy atom. The molecule has 1 N–H and O–H groups in total. The van der Waals surface area contributed by atoms with Gasteiger partial charge in [-0.15, -0.1) is 11.6 Å². The average molecular weight is 370 g/mol. The standard InChI is InChI=1S/C19H16ClN3O3/c20-9-11-5-6-21-15(7-11)12-1-2-14-13(8-12)10-23(19(14)26)16-3-4-17(24)22-18(16)25/h1-2,5-8,16H,3-4,9-10H2,(H,22,24,25)/t16-/m0/s1. The van der Waals surface area contributed by atoms with Crippen molar-refractivity contribution in [3.63, 3.8) is 0 Å². The minimum absolute atomic E-state index is 0.177. The maximum absolute atomic E-state index is 12.7. The SMILES string of the molecule is O=C1CC[C@H](N2Cc3cc(-c4cc(CCl)ccn4)ccc3C2=O)C(=O)N1. The number of nitrogens with zero attached hydrogens (tertiary/aromatic N) is 2. The third-order valence-electron chi connectivity index (χ3n) is 4.80. The molecule has 0 radical (unpaired) electrons. The number of pyridine rings is 1. The lowest BCUT2D eigenvalue weighted by Gasteiger charge is -2.29. The number of halogens is 1. The van der Waals surface area contributed by atoms with E-state index < -0.39 is 11.9 Å². The Labute approximate surface area is 155 Å². The molecule has 2 aromatic rings. The molecule has 4 rings (SSSR count). The highest BCUT2D eigenvalue weighted by molar-refractivity contribution is 6.17. The second-order valence-corrected chi connectivity index (χ2v) is 6.72. The Bertz CT molecular complexity index is 928. The highest BCUT2D eigenvalue weighted by Gasteiger charge is 2.39. The van der Waals surface area contributed by atoms with Gasteiger partial charge >= 0.3 is 0 Å². The summed E-state index contributed by atoms with van der Waals surface area (Å²) < 4.78 is 0. The van der Waals surface area contributed by atoms with Gasteiger partial charge in [-0.25, -0.2) is 0 Å². The Morgan fingerprint density at radius 3 is 2.81 bits per heavy atom. The molecular formula is C19H16ClN3O3. The van der Waals surface area contributed by atoms with E-state index in [2.05, 4.69) is 10.3 Å². The molecule has 2 aliphatic rings. The van der Waals surface area contributed by atoms with Crippen molar-refractivity contribution in [2.24, 2.45) is 0 Å². The number of carbonyl (C=O) groups excluding carboxylic acids is 3. The fraction of sp³-hybridized carbons (Fsp3) is 0.263. The second kappa shape index (κ2) is 6.53. The van der Waals surface area contributed by atoms with Gasteiger partial charge in [-0.2, -0.15) is 0 Å². The number of alkyl halides is 1. The zero-order valence-electron chi connectivity index (χ0n) is 13.9. The topological polar surface area (TPSA) is 79.4 Å². The van der Waals surface area contributed by atoms with Crippen molar-refractivity contribution in [1.29, 1.82) is 0 Å². The van der Waals surface area contributed by atoms with E-state index in [1.807, 2.05) is 24.3 Å². The molecule has 0 spiro atoms. The van der Waals surface area contributed by atoms with Crippen LogP contribution in [-0.4, -0.2) is 33.6 Å². The first-order chi connectivity index (χ1) is 12.6. The van der Waals surface area contributed by atoms with Gasteiger partial charge in [0.1, 0.15) is 6.04 Å². The number of amides is 3. The third kappa shape index (κ3) is 2.86. The lowest BCUT2D eigenvalue weighted by Crippen LogP contribution is -2.52. The van der Waals surface area contributed by atoms with E-state index in [-0.39, 0.29) is 18.2 Å². The van der Waals surface area contributed by atoms with E-state index in [0.29, 0.717) is 24.4 Å². The van der Waals surface area contributed by atoms with Crippen LogP contribution in [0.1, 0.15) is 34.3 Å². The van der Waals surface area contributed by atoms with Crippen LogP contribution in [0.15, 0.2) is 36.5 Å². The fourth-order valence-corrected chi connectivity index (χ4v) is 3.62. The summed E-state index contributed by atoms with van der Waals surface area (Å²) in [4.78, 5) is 42.0. The van der Waals surface area contributed by atoms with Gasteiger partial charge in [-0.1, -0.05) is 6.07 Å². The van der Waals surface area contributed by atoms with Crippen molar-refractivity contribution in [2.45, 2.75) is 31.3 Å². The van der Waals surface area contributed by atoms with Crippen molar-refractivity contribution in [3.8, 4) is 11.3 Å². The maximum atomic E-state index is 12.7. The van der Waals surface area contributed by atoms with Crippen LogP contribution in [0.5, 0.6) is 0 Å². The summed E-state index contributed by atoms with van der Waals surface area (Å²) in [5.74, 6) is -0.465. The van der Waals surface area contributed by atoms with Crippen LogP contribution in [-0.2, 0) is 22.0 Å². The van der Waals surface area contributed by atoms with Crippen LogP contribution < -0.4 is 5.32 Å². The Hall–Kier alpha value is -2.73. The molecule has 0 unspecified atom stereocenters. The van der Waals surface area contributed by atoms with Crippen LogP contribution >= 0.6 is 11.6 Å². The molecule has 0 bridgehead atoms. The molecule has 0 saturated carbocycles. The van der Waals surface area contributed by atoms with E-state index in [1.165, 1.54) is 0 Å². The second-order valence-electron chi connectivity index (χ2n) is 6.45. The summed E-state index contributed by atoms with van der Waals surface area (Å²) >= 11 is 5.89. The molecule has 7 heteroatoms. The van der Waals surface area contributed by atoms with E-state index in [1.54, 1.807) is 17.2 Å². The van der Waals surface area contributed by atoms with Gasteiger partial charge in [0, 0.05) is 36.2 Å². The molecular weight excluding hydrogens is 354 g/mol. The molecule has 6 nitrogen and oxygen atoms in total. The summed E-state index contributed by atoms with van der Waals surface area (Å²) in [5, 5.41) is 2.31. The van der Waals surface area contributed by atoms with Gasteiger partial charge in [0.2, 0.25) is 11.8 Å². The number of fused-ring (bicyclic) bond motifs is 1. The summed E-state index contributed by atoms with van der Waals surface area (Å²) in [6.07, 6.45) is 2.31. The molecule has 3 amide bonds. The van der Waals surface area contributed by atoms with Gasteiger partial charge in [-0.05, 0) is 41.8 Å². The van der Waals surface area contributed by atoms with Crippen molar-refractivity contribution < 1.29 is 14.4 Å². The van der Waals surface area contributed by atoms with E-state index in [4.69, 9.17) is 11.6 Å². The number of piperidine rings is 1. The first-order valence-electron chi connectivity index (χ1n) is 8.35. The number of rotatable bonds is 3.